The first-order valence-corrected chi connectivity index (χ1v) is 38.8. The van der Waals surface area contributed by atoms with E-state index in [4.69, 9.17) is 62.6 Å². The molecule has 0 saturated carbocycles. The number of carboxylic acid groups (broad SMARTS) is 1. The summed E-state index contributed by atoms with van der Waals surface area (Å²) in [5, 5.41) is 37.8. The molecule has 4 aromatic carbocycles. The molecule has 0 spiro atoms. The Morgan fingerprint density at radius 2 is 1.20 bits per heavy atom. The molecule has 5 aliphatic rings. The van der Waals surface area contributed by atoms with Crippen LogP contribution in [-0.2, 0) is 79.6 Å². The lowest BCUT2D eigenvalue weighted by Gasteiger charge is -2.38. The Balaban J connectivity index is 0.681. The van der Waals surface area contributed by atoms with Gasteiger partial charge in [-0.15, -0.1) is 0 Å². The number of imide groups is 1. The van der Waals surface area contributed by atoms with Crippen molar-refractivity contribution in [2.24, 2.45) is 5.73 Å². The fourth-order valence-corrected chi connectivity index (χ4v) is 14.0. The summed E-state index contributed by atoms with van der Waals surface area (Å²) in [6.45, 7) is 14.3. The number of nitrogens with two attached hydrogens (primary N) is 1. The molecule has 0 bridgehead atoms. The number of aliphatic hydroxyl groups excluding tert-OH is 1. The van der Waals surface area contributed by atoms with Crippen molar-refractivity contribution in [1.29, 1.82) is 0 Å². The monoisotopic (exact) mass is 1600 g/mol. The molecule has 624 valence electrons. The third kappa shape index (κ3) is 25.7. The van der Waals surface area contributed by atoms with Gasteiger partial charge in [0.2, 0.25) is 23.6 Å². The Morgan fingerprint density at radius 3 is 1.80 bits per heavy atom. The number of methoxy groups -OCH3 is 2. The van der Waals surface area contributed by atoms with Gasteiger partial charge in [-0.3, -0.25) is 38.5 Å². The first-order valence-electron chi connectivity index (χ1n) is 38.8. The predicted molar refractivity (Wildman–Crippen MR) is 421 cm³/mol. The van der Waals surface area contributed by atoms with Crippen molar-refractivity contribution >= 4 is 70.4 Å². The number of carbonyl (C=O) groups excluding carboxylic acids is 8. The number of hydrogen-bond donors (Lipinski definition) is 8. The van der Waals surface area contributed by atoms with Crippen LogP contribution in [0.25, 0.3) is 0 Å². The second kappa shape index (κ2) is 45.8. The van der Waals surface area contributed by atoms with Crippen molar-refractivity contribution in [3.63, 3.8) is 0 Å². The Bertz CT molecular complexity index is 4050. The fraction of sp³-hybridized carbons (Fsp3) is 0.500. The molecule has 33 heteroatoms. The lowest BCUT2D eigenvalue weighted by molar-refractivity contribution is -0.875. The number of amides is 9. The van der Waals surface area contributed by atoms with Crippen molar-refractivity contribution < 1.29 is 115 Å². The molecule has 33 nitrogen and oxygen atoms in total. The lowest BCUT2D eigenvalue weighted by atomic mass is 9.84. The van der Waals surface area contributed by atoms with Crippen LogP contribution in [0.15, 0.2) is 127 Å². The van der Waals surface area contributed by atoms with Crippen LogP contribution in [0.4, 0.5) is 21.9 Å². The zero-order chi connectivity index (χ0) is 82.0. The second-order valence-corrected chi connectivity index (χ2v) is 28.0. The maximum Gasteiger partial charge on any atom is 0.414 e. The number of anilines is 3. The minimum atomic E-state index is -1.76. The van der Waals surface area contributed by atoms with E-state index < -0.39 is 70.4 Å². The number of benzene rings is 4. The van der Waals surface area contributed by atoms with E-state index in [9.17, 15) is 48.6 Å². The average Bonchev–Trinajstić information content (AvgIpc) is 1.57. The maximum absolute atomic E-state index is 15.6. The summed E-state index contributed by atoms with van der Waals surface area (Å²) in [5.74, 6) is -2.35. The fourth-order valence-electron chi connectivity index (χ4n) is 14.0. The highest BCUT2D eigenvalue weighted by Crippen LogP contribution is 2.47. The number of nitrogens with one attached hydrogen (secondary N) is 5. The van der Waals surface area contributed by atoms with Crippen LogP contribution >= 0.6 is 0 Å². The van der Waals surface area contributed by atoms with Gasteiger partial charge in [0.25, 0.3) is 17.7 Å². The van der Waals surface area contributed by atoms with E-state index in [2.05, 4.69) is 39.7 Å². The van der Waals surface area contributed by atoms with Crippen molar-refractivity contribution in [3.8, 4) is 23.0 Å². The number of fused-ring (bicyclic) bond motifs is 4. The lowest BCUT2D eigenvalue weighted by Crippen LogP contribution is -2.61. The zero-order valence-corrected chi connectivity index (χ0v) is 65.6. The Kier molecular flexibility index (Phi) is 35.4. The number of nitrogens with zero attached hydrogens (tertiary/aromatic N) is 4. The highest BCUT2D eigenvalue weighted by atomic mass is 16.6. The molecule has 2 fully saturated rings. The largest absolute Gasteiger partial charge is 0.493 e. The molecule has 5 heterocycles. The normalized spacial score (nSPS) is 17.4. The molecule has 9 N–H and O–H groups in total. The number of unbranched alkanes of at least 4 members (excludes halogenated alkanes) is 3. The highest BCUT2D eigenvalue weighted by Gasteiger charge is 2.59. The van der Waals surface area contributed by atoms with Crippen LogP contribution in [0.1, 0.15) is 96.1 Å². The number of aliphatic hydroxyl groups is 1. The SMILES string of the molecule is C=C1CC2=CNc3cc(OCCCCCOc4cc5c(cc4OC)C(=O)[N@+]4(Cc6ccccc6NC(=O)CNC(=O)[C@](CCCCN)(Cc6ccccc6)NC(=O)CCOCCOCCOCCOCCOCCOCCOCCOCCNC(=O)CCN6C(=O)C=CC6=O)CC(=C)C[C@H]4[C@H](O)N5C(=O)O)c(OC)cc3C(=O)N2C1. The quantitative estimate of drug-likeness (QED) is 0.0116. The Hall–Kier alpha value is -10.2. The molecule has 4 atom stereocenters. The van der Waals surface area contributed by atoms with Crippen molar-refractivity contribution in [1.82, 2.24) is 25.8 Å². The minimum Gasteiger partial charge on any atom is -0.493 e. The summed E-state index contributed by atoms with van der Waals surface area (Å²) >= 11 is 0. The van der Waals surface area contributed by atoms with E-state index in [0.717, 1.165) is 26.6 Å². The van der Waals surface area contributed by atoms with Gasteiger partial charge in [-0.2, -0.15) is 0 Å². The van der Waals surface area contributed by atoms with E-state index in [1.54, 1.807) is 41.3 Å². The number of quaternary nitrogens is 1. The number of hydrogen-bond acceptors (Lipinski definition) is 24. The van der Waals surface area contributed by atoms with Crippen LogP contribution in [-0.4, -0.2) is 268 Å². The molecule has 0 radical (unpaired) electrons. The predicted octanol–water partition coefficient (Wildman–Crippen LogP) is 5.54. The summed E-state index contributed by atoms with van der Waals surface area (Å²) in [6.07, 6.45) is 4.58. The van der Waals surface area contributed by atoms with Crippen LogP contribution < -0.4 is 56.2 Å². The standard InChI is InChI=1S/C82H108N10O23/c1-57-45-61-52-85-65-49-70(68(104-3)47-62(65)77(98)90(61)54-57)114-27-13-6-14-28-115-71-50-66-63(48-69(71)105-4)79(100)92(55-58(2)46-67(92)78(99)91(66)81(102)103)56-60-17-9-10-18-64(60)87-74(95)53-86-80(101)82(23-11-12-24-83,51-59-15-7-5-8-16-59)88-73(94)22-29-106-31-33-108-35-37-110-39-41-112-43-44-113-42-40-111-38-36-109-34-32-107-30-25-84-72(93)21-26-89-75(96)19-20-76(89)97/h5,7-10,15-20,47-50,52,67,78,99H,1-2,6,11-14,21-46,51,53-56,83H2,3-4H3,(H5-,84,85,86,87,88,93,94,95,98,101,102,103)/p+1/t67-,78-,82-,92-/m0/s1. The van der Waals surface area contributed by atoms with Gasteiger partial charge in [-0.1, -0.05) is 67.3 Å². The molecule has 115 heavy (non-hydrogen) atoms. The van der Waals surface area contributed by atoms with Gasteiger partial charge in [0, 0.05) is 105 Å². The molecule has 5 aliphatic heterocycles. The Labute approximate surface area is 669 Å². The summed E-state index contributed by atoms with van der Waals surface area (Å²) in [5.41, 5.74) is 9.17. The number of para-hydroxylation sites is 1. The van der Waals surface area contributed by atoms with Gasteiger partial charge in [0.1, 0.15) is 30.2 Å². The van der Waals surface area contributed by atoms with Crippen molar-refractivity contribution in [2.75, 3.05) is 188 Å². The van der Waals surface area contributed by atoms with Gasteiger partial charge < -0.3 is 104 Å². The van der Waals surface area contributed by atoms with E-state index in [-0.39, 0.29) is 125 Å². The zero-order valence-electron chi connectivity index (χ0n) is 65.6. The molecule has 0 aliphatic carbocycles. The summed E-state index contributed by atoms with van der Waals surface area (Å²) in [6, 6.07) is 21.1. The third-order valence-corrected chi connectivity index (χ3v) is 19.7. The van der Waals surface area contributed by atoms with E-state index >= 15 is 4.79 Å². The minimum absolute atomic E-state index is 0.0161. The first-order chi connectivity index (χ1) is 55.8. The van der Waals surface area contributed by atoms with Gasteiger partial charge in [-0.05, 0) is 68.3 Å². The molecule has 4 aromatic rings. The first kappa shape index (κ1) is 88.8. The van der Waals surface area contributed by atoms with Gasteiger partial charge >= 0.3 is 12.0 Å². The molecule has 9 rings (SSSR count). The number of carbonyl (C=O) groups is 9. The molecule has 9 amide bonds. The maximum atomic E-state index is 15.6. The van der Waals surface area contributed by atoms with E-state index in [1.165, 1.54) is 38.5 Å². The van der Waals surface area contributed by atoms with Gasteiger partial charge in [-0.25, -0.2) is 19.0 Å². The molecule has 0 unspecified atom stereocenters. The topological polar surface area (TPSA) is 401 Å². The highest BCUT2D eigenvalue weighted by molar-refractivity contribution is 6.13. The molecule has 0 aromatic heterocycles. The Morgan fingerprint density at radius 1 is 0.626 bits per heavy atom. The summed E-state index contributed by atoms with van der Waals surface area (Å²) in [4.78, 5) is 124. The van der Waals surface area contributed by atoms with Crippen molar-refractivity contribution in [2.45, 2.75) is 95.0 Å². The average molecular weight is 1600 g/mol. The van der Waals surface area contributed by atoms with E-state index in [0.29, 0.717) is 178 Å². The van der Waals surface area contributed by atoms with Crippen LogP contribution in [0, 0.1) is 0 Å². The third-order valence-electron chi connectivity index (χ3n) is 19.7. The van der Waals surface area contributed by atoms with Crippen LogP contribution in [0.5, 0.6) is 23.0 Å². The molecule has 2 saturated heterocycles. The number of rotatable bonds is 53. The second-order valence-electron chi connectivity index (χ2n) is 28.0. The number of allylic oxidation sites excluding steroid dienone is 1. The van der Waals surface area contributed by atoms with Gasteiger partial charge in [0.05, 0.1) is 157 Å². The van der Waals surface area contributed by atoms with Crippen molar-refractivity contribution in [3.05, 3.63) is 149 Å². The molecular formula is C82H109N10O23+. The van der Waals surface area contributed by atoms with E-state index in [1.807, 2.05) is 36.5 Å². The summed E-state index contributed by atoms with van der Waals surface area (Å²) < 4.78 is 67.9. The summed E-state index contributed by atoms with van der Waals surface area (Å²) in [7, 11) is 2.91. The molecular weight excluding hydrogens is 1490 g/mol. The smallest absolute Gasteiger partial charge is 0.414 e. The van der Waals surface area contributed by atoms with Crippen LogP contribution in [0.3, 0.4) is 0 Å². The van der Waals surface area contributed by atoms with Crippen LogP contribution in [0.2, 0.25) is 0 Å². The number of ether oxygens (including phenoxy) is 12. The van der Waals surface area contributed by atoms with Gasteiger partial charge in [0.15, 0.2) is 29.2 Å².